The molecular formula is C18H22N4. The third-order valence-corrected chi connectivity index (χ3v) is 3.18. The van der Waals surface area contributed by atoms with Crippen molar-refractivity contribution in [2.75, 3.05) is 0 Å². The van der Waals surface area contributed by atoms with Crippen LogP contribution < -0.4 is 0 Å². The van der Waals surface area contributed by atoms with Crippen LogP contribution in [0.15, 0.2) is 24.3 Å². The lowest BCUT2D eigenvalue weighted by Crippen LogP contribution is -2.14. The summed E-state index contributed by atoms with van der Waals surface area (Å²) in [5.41, 5.74) is 3.16. The molecule has 0 atom stereocenters. The summed E-state index contributed by atoms with van der Waals surface area (Å²) in [5, 5.41) is 16.7. The Morgan fingerprint density at radius 3 is 1.18 bits per heavy atom. The molecule has 2 rings (SSSR count). The van der Waals surface area contributed by atoms with E-state index in [0.717, 1.165) is 11.4 Å². The fourth-order valence-corrected chi connectivity index (χ4v) is 1.73. The third-order valence-electron chi connectivity index (χ3n) is 3.18. The minimum atomic E-state index is -0.00673. The molecule has 0 fully saturated rings. The summed E-state index contributed by atoms with van der Waals surface area (Å²) in [5.74, 6) is 5.94. The average molecular weight is 294 g/mol. The fourth-order valence-electron chi connectivity index (χ4n) is 1.73. The minimum absolute atomic E-state index is 0.00673. The molecule has 2 aromatic rings. The molecule has 0 bridgehead atoms. The van der Waals surface area contributed by atoms with Crippen LogP contribution in [0.2, 0.25) is 0 Å². The molecule has 0 radical (unpaired) electrons. The maximum Gasteiger partial charge on any atom is 0.136 e. The number of hydrogen-bond acceptors (Lipinski definition) is 4. The van der Waals surface area contributed by atoms with E-state index in [2.05, 4.69) is 73.8 Å². The zero-order valence-corrected chi connectivity index (χ0v) is 14.1. The summed E-state index contributed by atoms with van der Waals surface area (Å²) in [6, 6.07) is 7.70. The van der Waals surface area contributed by atoms with Gasteiger partial charge in [0.1, 0.15) is 11.4 Å². The van der Waals surface area contributed by atoms with Gasteiger partial charge in [0, 0.05) is 10.8 Å². The van der Waals surface area contributed by atoms with Crippen molar-refractivity contribution < 1.29 is 0 Å². The molecule has 0 aromatic carbocycles. The van der Waals surface area contributed by atoms with E-state index in [1.54, 1.807) is 0 Å². The molecule has 0 saturated carbocycles. The van der Waals surface area contributed by atoms with Crippen LogP contribution in [0.1, 0.15) is 64.3 Å². The zero-order valence-electron chi connectivity index (χ0n) is 14.1. The molecule has 2 aromatic heterocycles. The van der Waals surface area contributed by atoms with Crippen LogP contribution in [-0.4, -0.2) is 20.4 Å². The molecule has 0 aliphatic rings. The number of rotatable bonds is 0. The lowest BCUT2D eigenvalue weighted by molar-refractivity contribution is 0.557. The van der Waals surface area contributed by atoms with Gasteiger partial charge in [0.25, 0.3) is 0 Å². The van der Waals surface area contributed by atoms with Crippen LogP contribution in [-0.2, 0) is 10.8 Å². The van der Waals surface area contributed by atoms with Crippen molar-refractivity contribution in [2.45, 2.75) is 52.4 Å². The Hall–Kier alpha value is -2.28. The highest BCUT2D eigenvalue weighted by Gasteiger charge is 2.16. The van der Waals surface area contributed by atoms with Crippen LogP contribution in [0, 0.1) is 11.8 Å². The molecule has 4 heteroatoms. The van der Waals surface area contributed by atoms with Gasteiger partial charge in [-0.15, -0.1) is 10.2 Å². The maximum absolute atomic E-state index is 4.22. The second-order valence-electron chi connectivity index (χ2n) is 7.36. The normalized spacial score (nSPS) is 11.7. The Morgan fingerprint density at radius 1 is 0.591 bits per heavy atom. The first-order valence-electron chi connectivity index (χ1n) is 7.37. The van der Waals surface area contributed by atoms with Gasteiger partial charge in [-0.05, 0) is 36.1 Å². The lowest BCUT2D eigenvalue weighted by Gasteiger charge is -2.16. The van der Waals surface area contributed by atoms with E-state index in [1.807, 2.05) is 24.3 Å². The second-order valence-corrected chi connectivity index (χ2v) is 7.36. The lowest BCUT2D eigenvalue weighted by atomic mass is 9.92. The molecule has 0 spiro atoms. The number of nitrogens with zero attached hydrogens (tertiary/aromatic N) is 4. The van der Waals surface area contributed by atoms with Crippen molar-refractivity contribution in [3.63, 3.8) is 0 Å². The van der Waals surface area contributed by atoms with Gasteiger partial charge >= 0.3 is 0 Å². The molecule has 0 amide bonds. The molecule has 0 unspecified atom stereocenters. The monoisotopic (exact) mass is 294 g/mol. The first-order chi connectivity index (χ1) is 10.2. The Labute approximate surface area is 132 Å². The van der Waals surface area contributed by atoms with Crippen LogP contribution in [0.5, 0.6) is 0 Å². The van der Waals surface area contributed by atoms with Gasteiger partial charge in [0.05, 0.1) is 11.4 Å². The molecular weight excluding hydrogens is 272 g/mol. The van der Waals surface area contributed by atoms with Gasteiger partial charge < -0.3 is 0 Å². The highest BCUT2D eigenvalue weighted by atomic mass is 15.1. The van der Waals surface area contributed by atoms with Crippen molar-refractivity contribution in [3.05, 3.63) is 47.0 Å². The molecule has 2 heterocycles. The molecule has 0 N–H and O–H groups in total. The van der Waals surface area contributed by atoms with E-state index < -0.39 is 0 Å². The van der Waals surface area contributed by atoms with Crippen molar-refractivity contribution in [1.29, 1.82) is 0 Å². The number of hydrogen-bond donors (Lipinski definition) is 0. The van der Waals surface area contributed by atoms with Gasteiger partial charge in [0.15, 0.2) is 0 Å². The summed E-state index contributed by atoms with van der Waals surface area (Å²) < 4.78 is 0. The SMILES string of the molecule is CC(C)(C)c1ccc(C#Cc2ccc(C(C)(C)C)nn2)nn1. The van der Waals surface area contributed by atoms with Crippen LogP contribution in [0.3, 0.4) is 0 Å². The zero-order chi connectivity index (χ0) is 16.4. The Balaban J connectivity index is 2.17. The summed E-state index contributed by atoms with van der Waals surface area (Å²) >= 11 is 0. The van der Waals surface area contributed by atoms with E-state index in [0.29, 0.717) is 11.4 Å². The van der Waals surface area contributed by atoms with E-state index in [-0.39, 0.29) is 10.8 Å². The van der Waals surface area contributed by atoms with Crippen molar-refractivity contribution in [3.8, 4) is 11.8 Å². The van der Waals surface area contributed by atoms with E-state index in [1.165, 1.54) is 0 Å². The molecule has 22 heavy (non-hydrogen) atoms. The average Bonchev–Trinajstić information content (AvgIpc) is 2.44. The third kappa shape index (κ3) is 4.11. The first-order valence-corrected chi connectivity index (χ1v) is 7.37. The quantitative estimate of drug-likeness (QED) is 0.700. The molecule has 0 aliphatic carbocycles. The largest absolute Gasteiger partial charge is 0.154 e. The standard InChI is InChI=1S/C18H22N4/c1-17(2,3)15-11-9-13(19-21-15)7-8-14-10-12-16(22-20-14)18(4,5)6/h9-12H,1-6H3. The van der Waals surface area contributed by atoms with Gasteiger partial charge in [-0.1, -0.05) is 41.5 Å². The second kappa shape index (κ2) is 5.84. The number of aromatic nitrogens is 4. The van der Waals surface area contributed by atoms with Gasteiger partial charge in [-0.3, -0.25) is 0 Å². The first kappa shape index (κ1) is 16.1. The summed E-state index contributed by atoms with van der Waals surface area (Å²) in [6.45, 7) is 12.6. The highest BCUT2D eigenvalue weighted by molar-refractivity contribution is 5.36. The molecule has 0 saturated heterocycles. The topological polar surface area (TPSA) is 51.6 Å². The Bertz CT molecular complexity index is 629. The summed E-state index contributed by atoms with van der Waals surface area (Å²) in [6.07, 6.45) is 0. The van der Waals surface area contributed by atoms with E-state index in [4.69, 9.17) is 0 Å². The van der Waals surface area contributed by atoms with Gasteiger partial charge in [-0.25, -0.2) is 0 Å². The van der Waals surface area contributed by atoms with Crippen molar-refractivity contribution >= 4 is 0 Å². The van der Waals surface area contributed by atoms with Crippen molar-refractivity contribution in [1.82, 2.24) is 20.4 Å². The van der Waals surface area contributed by atoms with Crippen molar-refractivity contribution in [2.24, 2.45) is 0 Å². The van der Waals surface area contributed by atoms with Gasteiger partial charge in [0.2, 0.25) is 0 Å². The predicted octanol–water partition coefficient (Wildman–Crippen LogP) is 3.26. The minimum Gasteiger partial charge on any atom is -0.154 e. The maximum atomic E-state index is 4.22. The predicted molar refractivity (Wildman–Crippen MR) is 87.4 cm³/mol. The van der Waals surface area contributed by atoms with E-state index >= 15 is 0 Å². The van der Waals surface area contributed by atoms with Gasteiger partial charge in [-0.2, -0.15) is 10.2 Å². The van der Waals surface area contributed by atoms with Crippen LogP contribution in [0.4, 0.5) is 0 Å². The highest BCUT2D eigenvalue weighted by Crippen LogP contribution is 2.19. The molecule has 0 aliphatic heterocycles. The fraction of sp³-hybridized carbons (Fsp3) is 0.444. The molecule has 4 nitrogen and oxygen atoms in total. The summed E-state index contributed by atoms with van der Waals surface area (Å²) in [7, 11) is 0. The molecule has 114 valence electrons. The van der Waals surface area contributed by atoms with Crippen LogP contribution >= 0.6 is 0 Å². The Morgan fingerprint density at radius 2 is 0.955 bits per heavy atom. The van der Waals surface area contributed by atoms with E-state index in [9.17, 15) is 0 Å². The smallest absolute Gasteiger partial charge is 0.136 e. The summed E-state index contributed by atoms with van der Waals surface area (Å²) in [4.78, 5) is 0. The Kier molecular flexibility index (Phi) is 4.27. The van der Waals surface area contributed by atoms with Crippen LogP contribution in [0.25, 0.3) is 0 Å².